The van der Waals surface area contributed by atoms with Gasteiger partial charge in [0.2, 0.25) is 11.8 Å². The van der Waals surface area contributed by atoms with Crippen molar-refractivity contribution in [3.63, 3.8) is 0 Å². The maximum atomic E-state index is 12.3. The molecule has 2 heterocycles. The number of fused-ring (bicyclic) bond motifs is 1. The van der Waals surface area contributed by atoms with Gasteiger partial charge in [0.05, 0.1) is 18.0 Å². The molecule has 1 aromatic heterocycles. The lowest BCUT2D eigenvalue weighted by Crippen LogP contribution is -2.14. The van der Waals surface area contributed by atoms with Crippen LogP contribution in [0.1, 0.15) is 29.0 Å². The van der Waals surface area contributed by atoms with Crippen LogP contribution in [0.4, 0.5) is 11.4 Å². The summed E-state index contributed by atoms with van der Waals surface area (Å²) in [5.41, 5.74) is 5.57. The van der Waals surface area contributed by atoms with Crippen LogP contribution in [0.5, 0.6) is 0 Å². The maximum absolute atomic E-state index is 12.3. The highest BCUT2D eigenvalue weighted by Gasteiger charge is 2.26. The van der Waals surface area contributed by atoms with Crippen molar-refractivity contribution in [1.82, 2.24) is 4.98 Å². The zero-order valence-corrected chi connectivity index (χ0v) is 15.9. The lowest BCUT2D eigenvalue weighted by Gasteiger charge is -2.05. The predicted molar refractivity (Wildman–Crippen MR) is 108 cm³/mol. The number of benzene rings is 2. The van der Waals surface area contributed by atoms with Crippen LogP contribution in [0, 0.1) is 6.92 Å². The third kappa shape index (κ3) is 3.61. The molecule has 0 saturated heterocycles. The molecule has 0 fully saturated rings. The summed E-state index contributed by atoms with van der Waals surface area (Å²) in [5.74, 6) is -0.218. The van der Waals surface area contributed by atoms with E-state index in [2.05, 4.69) is 15.6 Å². The van der Waals surface area contributed by atoms with Crippen molar-refractivity contribution in [1.29, 1.82) is 0 Å². The number of anilines is 2. The second-order valence-corrected chi connectivity index (χ2v) is 7.67. The van der Waals surface area contributed by atoms with Crippen molar-refractivity contribution in [3.8, 4) is 11.3 Å². The number of carbonyl (C=O) groups excluding carboxylic acids is 2. The maximum Gasteiger partial charge on any atom is 0.231 e. The van der Waals surface area contributed by atoms with Gasteiger partial charge < -0.3 is 10.6 Å². The zero-order valence-electron chi connectivity index (χ0n) is 15.1. The Balaban J connectivity index is 1.47. The van der Waals surface area contributed by atoms with Gasteiger partial charge in [-0.3, -0.25) is 9.59 Å². The first-order valence-corrected chi connectivity index (χ1v) is 9.63. The molecule has 5 nitrogen and oxygen atoms in total. The average molecular weight is 377 g/mol. The molecule has 136 valence electrons. The Morgan fingerprint density at radius 1 is 1.22 bits per heavy atom. The fourth-order valence-electron chi connectivity index (χ4n) is 3.08. The summed E-state index contributed by atoms with van der Waals surface area (Å²) in [6.45, 7) is 3.90. The largest absolute Gasteiger partial charge is 0.326 e. The first-order chi connectivity index (χ1) is 13.0. The molecule has 6 heteroatoms. The Bertz CT molecular complexity index is 1020. The second kappa shape index (κ2) is 6.96. The Kier molecular flexibility index (Phi) is 4.49. The summed E-state index contributed by atoms with van der Waals surface area (Å²) in [7, 11) is 0. The molecule has 1 aliphatic rings. The van der Waals surface area contributed by atoms with Crippen LogP contribution in [0.2, 0.25) is 0 Å². The number of rotatable bonds is 4. The van der Waals surface area contributed by atoms with E-state index in [4.69, 9.17) is 0 Å². The number of hydrogen-bond acceptors (Lipinski definition) is 4. The minimum absolute atomic E-state index is 0.0221. The van der Waals surface area contributed by atoms with Crippen molar-refractivity contribution in [3.05, 3.63) is 64.0 Å². The molecule has 4 rings (SSSR count). The van der Waals surface area contributed by atoms with Crippen molar-refractivity contribution in [2.75, 3.05) is 10.6 Å². The Morgan fingerprint density at radius 2 is 2.00 bits per heavy atom. The third-order valence-corrected chi connectivity index (χ3v) is 5.51. The number of aryl methyl sites for hydroxylation is 1. The fraction of sp³-hybridized carbons (Fsp3) is 0.190. The SMILES string of the molecule is Cc1ccc(NC(=O)Cc2nc(-c3ccc4c(c3)[C@H](C)C(=O)N4)cs2)cc1. The van der Waals surface area contributed by atoms with Crippen LogP contribution in [0.3, 0.4) is 0 Å². The topological polar surface area (TPSA) is 71.1 Å². The zero-order chi connectivity index (χ0) is 19.0. The van der Waals surface area contributed by atoms with Crippen LogP contribution < -0.4 is 10.6 Å². The van der Waals surface area contributed by atoms with E-state index in [0.717, 1.165) is 38.8 Å². The lowest BCUT2D eigenvalue weighted by atomic mass is 10.00. The van der Waals surface area contributed by atoms with E-state index in [1.165, 1.54) is 11.3 Å². The molecule has 0 saturated carbocycles. The van der Waals surface area contributed by atoms with E-state index in [-0.39, 0.29) is 24.2 Å². The number of thiazole rings is 1. The van der Waals surface area contributed by atoms with Crippen LogP contribution in [0.25, 0.3) is 11.3 Å². The highest BCUT2D eigenvalue weighted by molar-refractivity contribution is 7.10. The number of carbonyl (C=O) groups is 2. The van der Waals surface area contributed by atoms with Crippen LogP contribution in [0.15, 0.2) is 47.8 Å². The van der Waals surface area contributed by atoms with Gasteiger partial charge in [-0.25, -0.2) is 4.98 Å². The van der Waals surface area contributed by atoms with Gasteiger partial charge in [-0.2, -0.15) is 0 Å². The minimum Gasteiger partial charge on any atom is -0.326 e. The van der Waals surface area contributed by atoms with Crippen molar-refractivity contribution >= 4 is 34.5 Å². The van der Waals surface area contributed by atoms with Crippen molar-refractivity contribution in [2.45, 2.75) is 26.2 Å². The molecule has 0 bridgehead atoms. The molecular weight excluding hydrogens is 358 g/mol. The number of nitrogens with zero attached hydrogens (tertiary/aromatic N) is 1. The summed E-state index contributed by atoms with van der Waals surface area (Å²) in [4.78, 5) is 28.7. The Hall–Kier alpha value is -2.99. The molecule has 2 aromatic carbocycles. The van der Waals surface area contributed by atoms with Gasteiger partial charge in [-0.1, -0.05) is 23.8 Å². The smallest absolute Gasteiger partial charge is 0.231 e. The average Bonchev–Trinajstić information content (AvgIpc) is 3.22. The van der Waals surface area contributed by atoms with Crippen LogP contribution >= 0.6 is 11.3 Å². The lowest BCUT2D eigenvalue weighted by molar-refractivity contribution is -0.117. The second-order valence-electron chi connectivity index (χ2n) is 6.73. The number of nitrogens with one attached hydrogen (secondary N) is 2. The third-order valence-electron chi connectivity index (χ3n) is 4.66. The molecule has 0 unspecified atom stereocenters. The molecule has 3 aromatic rings. The summed E-state index contributed by atoms with van der Waals surface area (Å²) in [5, 5.41) is 8.48. The van der Waals surface area contributed by atoms with Gasteiger partial charge in [0.15, 0.2) is 0 Å². The van der Waals surface area contributed by atoms with E-state index in [9.17, 15) is 9.59 Å². The van der Waals surface area contributed by atoms with E-state index in [1.54, 1.807) is 0 Å². The van der Waals surface area contributed by atoms with E-state index < -0.39 is 0 Å². The van der Waals surface area contributed by atoms with E-state index in [0.29, 0.717) is 0 Å². The monoisotopic (exact) mass is 377 g/mol. The molecule has 0 spiro atoms. The highest BCUT2D eigenvalue weighted by Crippen LogP contribution is 2.35. The van der Waals surface area contributed by atoms with Gasteiger partial charge in [-0.05, 0) is 43.7 Å². The van der Waals surface area contributed by atoms with Crippen molar-refractivity contribution < 1.29 is 9.59 Å². The molecule has 27 heavy (non-hydrogen) atoms. The fourth-order valence-corrected chi connectivity index (χ4v) is 3.88. The molecule has 1 atom stereocenters. The molecular formula is C21H19N3O2S. The first kappa shape index (κ1) is 17.4. The van der Waals surface area contributed by atoms with Crippen LogP contribution in [-0.4, -0.2) is 16.8 Å². The van der Waals surface area contributed by atoms with Gasteiger partial charge >= 0.3 is 0 Å². The standard InChI is InChI=1S/C21H19N3O2S/c1-12-3-6-15(7-4-12)22-19(25)10-20-23-18(11-27-20)14-5-8-17-16(9-14)13(2)21(26)24-17/h3-9,11,13H,10H2,1-2H3,(H,22,25)(H,24,26)/t13-/m0/s1. The first-order valence-electron chi connectivity index (χ1n) is 8.76. The predicted octanol–water partition coefficient (Wildman–Crippen LogP) is 4.36. The summed E-state index contributed by atoms with van der Waals surface area (Å²) < 4.78 is 0. The highest BCUT2D eigenvalue weighted by atomic mass is 32.1. The van der Waals surface area contributed by atoms with E-state index in [1.807, 2.05) is 61.7 Å². The Labute approximate surface area is 161 Å². The van der Waals surface area contributed by atoms with Crippen LogP contribution in [-0.2, 0) is 16.0 Å². The molecule has 0 radical (unpaired) electrons. The molecule has 1 aliphatic heterocycles. The number of hydrogen-bond donors (Lipinski definition) is 2. The number of aromatic nitrogens is 1. The molecule has 2 amide bonds. The summed E-state index contributed by atoms with van der Waals surface area (Å²) in [6.07, 6.45) is 0.236. The minimum atomic E-state index is -0.154. The quantitative estimate of drug-likeness (QED) is 0.710. The van der Waals surface area contributed by atoms with E-state index >= 15 is 0 Å². The molecule has 0 aliphatic carbocycles. The van der Waals surface area contributed by atoms with Gasteiger partial charge in [0.25, 0.3) is 0 Å². The molecule has 2 N–H and O–H groups in total. The normalized spacial score (nSPS) is 15.3. The van der Waals surface area contributed by atoms with Gasteiger partial charge in [0, 0.05) is 22.3 Å². The number of amides is 2. The van der Waals surface area contributed by atoms with Crippen molar-refractivity contribution in [2.24, 2.45) is 0 Å². The summed E-state index contributed by atoms with van der Waals surface area (Å²) >= 11 is 1.47. The van der Waals surface area contributed by atoms with Gasteiger partial charge in [-0.15, -0.1) is 11.3 Å². The summed E-state index contributed by atoms with van der Waals surface area (Å²) in [6, 6.07) is 13.6. The Morgan fingerprint density at radius 3 is 2.78 bits per heavy atom. The van der Waals surface area contributed by atoms with Gasteiger partial charge in [0.1, 0.15) is 5.01 Å².